The maximum Gasteiger partial charge on any atom is 0.409 e. The number of nitrogens with zero attached hydrogens (tertiary/aromatic N) is 2. The van der Waals surface area contributed by atoms with Crippen molar-refractivity contribution in [1.82, 2.24) is 15.1 Å². The van der Waals surface area contributed by atoms with Gasteiger partial charge in [0.15, 0.2) is 0 Å². The molecule has 0 saturated carbocycles. The van der Waals surface area contributed by atoms with E-state index in [0.717, 1.165) is 5.56 Å². The first-order valence-corrected chi connectivity index (χ1v) is 7.60. The Morgan fingerprint density at radius 1 is 1.18 bits per heavy atom. The van der Waals surface area contributed by atoms with Crippen LogP contribution in [0.2, 0.25) is 0 Å². The molecule has 6 heteroatoms. The van der Waals surface area contributed by atoms with Crippen LogP contribution in [0.4, 0.5) is 9.59 Å². The highest BCUT2D eigenvalue weighted by atomic mass is 16.6. The van der Waals surface area contributed by atoms with E-state index in [4.69, 9.17) is 4.74 Å². The molecule has 6 nitrogen and oxygen atoms in total. The first kappa shape index (κ1) is 16.1. The molecular formula is C16H23N3O3. The summed E-state index contributed by atoms with van der Waals surface area (Å²) in [6.45, 7) is 6.77. The number of aryl methyl sites for hydroxylation is 1. The highest BCUT2D eigenvalue weighted by molar-refractivity contribution is 5.75. The van der Waals surface area contributed by atoms with Crippen molar-refractivity contribution in [2.24, 2.45) is 0 Å². The Balaban J connectivity index is 1.76. The number of hydrogen-bond donors (Lipinski definition) is 1. The smallest absolute Gasteiger partial charge is 0.409 e. The highest BCUT2D eigenvalue weighted by Crippen LogP contribution is 2.06. The molecule has 1 aromatic rings. The molecule has 0 atom stereocenters. The van der Waals surface area contributed by atoms with Crippen molar-refractivity contribution < 1.29 is 14.3 Å². The van der Waals surface area contributed by atoms with Crippen LogP contribution < -0.4 is 5.32 Å². The lowest BCUT2D eigenvalue weighted by molar-refractivity contribution is 0.0851. The molecule has 0 unspecified atom stereocenters. The molecule has 1 aliphatic heterocycles. The van der Waals surface area contributed by atoms with Crippen LogP contribution in [-0.4, -0.2) is 54.7 Å². The fraction of sp³-hybridized carbons (Fsp3) is 0.500. The summed E-state index contributed by atoms with van der Waals surface area (Å²) >= 11 is 0. The van der Waals surface area contributed by atoms with E-state index in [1.165, 1.54) is 5.56 Å². The Labute approximate surface area is 131 Å². The minimum Gasteiger partial charge on any atom is -0.450 e. The molecule has 0 bridgehead atoms. The molecule has 0 aliphatic carbocycles. The average Bonchev–Trinajstić information content (AvgIpc) is 2.53. The van der Waals surface area contributed by atoms with E-state index in [-0.39, 0.29) is 12.1 Å². The van der Waals surface area contributed by atoms with Crippen LogP contribution in [0.25, 0.3) is 0 Å². The Morgan fingerprint density at radius 2 is 1.86 bits per heavy atom. The lowest BCUT2D eigenvalue weighted by atomic mass is 10.1. The predicted molar refractivity (Wildman–Crippen MR) is 83.6 cm³/mol. The number of hydrogen-bond acceptors (Lipinski definition) is 3. The molecule has 1 saturated heterocycles. The summed E-state index contributed by atoms with van der Waals surface area (Å²) in [5, 5.41) is 2.92. The van der Waals surface area contributed by atoms with Crippen molar-refractivity contribution in [3.63, 3.8) is 0 Å². The summed E-state index contributed by atoms with van der Waals surface area (Å²) in [5.41, 5.74) is 2.26. The van der Waals surface area contributed by atoms with Crippen molar-refractivity contribution >= 4 is 12.1 Å². The van der Waals surface area contributed by atoms with Crippen molar-refractivity contribution in [3.05, 3.63) is 35.4 Å². The molecule has 3 amide bonds. The molecule has 0 aromatic heterocycles. The zero-order valence-corrected chi connectivity index (χ0v) is 13.2. The minimum atomic E-state index is -0.303. The van der Waals surface area contributed by atoms with Crippen LogP contribution in [0.15, 0.2) is 24.3 Å². The number of benzene rings is 1. The van der Waals surface area contributed by atoms with Gasteiger partial charge >= 0.3 is 12.1 Å². The topological polar surface area (TPSA) is 61.9 Å². The first-order valence-electron chi connectivity index (χ1n) is 7.60. The van der Waals surface area contributed by atoms with E-state index in [2.05, 4.69) is 11.4 Å². The molecular weight excluding hydrogens is 282 g/mol. The molecule has 0 radical (unpaired) electrons. The van der Waals surface area contributed by atoms with E-state index in [0.29, 0.717) is 39.3 Å². The maximum atomic E-state index is 12.1. The number of rotatable bonds is 3. The van der Waals surface area contributed by atoms with Gasteiger partial charge in [0.25, 0.3) is 0 Å². The van der Waals surface area contributed by atoms with Gasteiger partial charge in [-0.15, -0.1) is 0 Å². The quantitative estimate of drug-likeness (QED) is 0.929. The van der Waals surface area contributed by atoms with Gasteiger partial charge in [0, 0.05) is 32.7 Å². The lowest BCUT2D eigenvalue weighted by Crippen LogP contribution is -2.53. The van der Waals surface area contributed by atoms with Crippen molar-refractivity contribution in [1.29, 1.82) is 0 Å². The summed E-state index contributed by atoms with van der Waals surface area (Å²) in [6.07, 6.45) is -0.303. The third kappa shape index (κ3) is 4.38. The monoisotopic (exact) mass is 305 g/mol. The van der Waals surface area contributed by atoms with E-state index in [9.17, 15) is 9.59 Å². The third-order valence-corrected chi connectivity index (χ3v) is 3.62. The SMILES string of the molecule is CCOC(=O)N1CCN(C(=O)NCc2cccc(C)c2)CC1. The van der Waals surface area contributed by atoms with Crippen LogP contribution in [0.3, 0.4) is 0 Å². The van der Waals surface area contributed by atoms with E-state index >= 15 is 0 Å². The van der Waals surface area contributed by atoms with Gasteiger partial charge in [0.2, 0.25) is 0 Å². The first-order chi connectivity index (χ1) is 10.6. The summed E-state index contributed by atoms with van der Waals surface area (Å²) < 4.78 is 4.96. The molecule has 0 spiro atoms. The number of nitrogens with one attached hydrogen (secondary N) is 1. The normalized spacial score (nSPS) is 14.6. The Morgan fingerprint density at radius 3 is 2.50 bits per heavy atom. The lowest BCUT2D eigenvalue weighted by Gasteiger charge is -2.34. The van der Waals surface area contributed by atoms with Gasteiger partial charge in [-0.3, -0.25) is 0 Å². The van der Waals surface area contributed by atoms with E-state index in [1.54, 1.807) is 16.7 Å². The van der Waals surface area contributed by atoms with Gasteiger partial charge in [-0.1, -0.05) is 29.8 Å². The van der Waals surface area contributed by atoms with Gasteiger partial charge in [-0.25, -0.2) is 9.59 Å². The number of carbonyl (C=O) groups is 2. The van der Waals surface area contributed by atoms with Crippen LogP contribution in [-0.2, 0) is 11.3 Å². The number of ether oxygens (including phenoxy) is 1. The number of amides is 3. The maximum absolute atomic E-state index is 12.1. The van der Waals surface area contributed by atoms with Gasteiger partial charge in [0.1, 0.15) is 0 Å². The molecule has 22 heavy (non-hydrogen) atoms. The minimum absolute atomic E-state index is 0.0926. The molecule has 1 fully saturated rings. The van der Waals surface area contributed by atoms with E-state index < -0.39 is 0 Å². The summed E-state index contributed by atoms with van der Waals surface area (Å²) in [4.78, 5) is 27.1. The second-order valence-electron chi connectivity index (χ2n) is 5.32. The third-order valence-electron chi connectivity index (χ3n) is 3.62. The molecule has 1 aromatic carbocycles. The second-order valence-corrected chi connectivity index (χ2v) is 5.32. The fourth-order valence-corrected chi connectivity index (χ4v) is 2.42. The van der Waals surface area contributed by atoms with Crippen molar-refractivity contribution in [2.45, 2.75) is 20.4 Å². The standard InChI is InChI=1S/C16H23N3O3/c1-3-22-16(21)19-9-7-18(8-10-19)15(20)17-12-14-6-4-5-13(2)11-14/h4-6,11H,3,7-10,12H2,1-2H3,(H,17,20). The van der Waals surface area contributed by atoms with E-state index in [1.807, 2.05) is 25.1 Å². The number of carbonyl (C=O) groups excluding carboxylic acids is 2. The van der Waals surface area contributed by atoms with Gasteiger partial charge in [-0.05, 0) is 19.4 Å². The van der Waals surface area contributed by atoms with Crippen molar-refractivity contribution in [2.75, 3.05) is 32.8 Å². The molecule has 1 aliphatic rings. The Bertz CT molecular complexity index is 525. The van der Waals surface area contributed by atoms with Gasteiger partial charge in [0.05, 0.1) is 6.61 Å². The van der Waals surface area contributed by atoms with Crippen LogP contribution >= 0.6 is 0 Å². The molecule has 1 N–H and O–H groups in total. The predicted octanol–water partition coefficient (Wildman–Crippen LogP) is 1.98. The Kier molecular flexibility index (Phi) is 5.63. The Hall–Kier alpha value is -2.24. The summed E-state index contributed by atoms with van der Waals surface area (Å²) in [7, 11) is 0. The molecule has 2 rings (SSSR count). The van der Waals surface area contributed by atoms with Crippen LogP contribution in [0, 0.1) is 6.92 Å². The van der Waals surface area contributed by atoms with Crippen molar-refractivity contribution in [3.8, 4) is 0 Å². The second kappa shape index (κ2) is 7.68. The molecule has 1 heterocycles. The highest BCUT2D eigenvalue weighted by Gasteiger charge is 2.24. The zero-order valence-electron chi connectivity index (χ0n) is 13.2. The van der Waals surface area contributed by atoms with Crippen LogP contribution in [0.1, 0.15) is 18.1 Å². The summed E-state index contributed by atoms with van der Waals surface area (Å²) in [6, 6.07) is 7.96. The van der Waals surface area contributed by atoms with Gasteiger partial charge in [-0.2, -0.15) is 0 Å². The van der Waals surface area contributed by atoms with Crippen LogP contribution in [0.5, 0.6) is 0 Å². The summed E-state index contributed by atoms with van der Waals surface area (Å²) in [5.74, 6) is 0. The molecule has 120 valence electrons. The zero-order chi connectivity index (χ0) is 15.9. The number of urea groups is 1. The average molecular weight is 305 g/mol. The fourth-order valence-electron chi connectivity index (χ4n) is 2.42. The van der Waals surface area contributed by atoms with Gasteiger partial charge < -0.3 is 19.9 Å². The largest absolute Gasteiger partial charge is 0.450 e. The number of piperazine rings is 1.